The fraction of sp³-hybridized carbons (Fsp3) is 0.250. The number of amides is 3. The van der Waals surface area contributed by atoms with E-state index in [1.165, 1.54) is 12.1 Å². The zero-order chi connectivity index (χ0) is 20.5. The normalized spacial score (nSPS) is 9.96. The van der Waals surface area contributed by atoms with Crippen molar-refractivity contribution in [1.82, 2.24) is 10.9 Å². The van der Waals surface area contributed by atoms with Crippen molar-refractivity contribution in [2.75, 3.05) is 23.8 Å². The van der Waals surface area contributed by atoms with Crippen molar-refractivity contribution in [2.24, 2.45) is 0 Å². The first-order valence-corrected chi connectivity index (χ1v) is 8.83. The lowest BCUT2D eigenvalue weighted by atomic mass is 10.1. The topological polar surface area (TPSA) is 109 Å². The van der Waals surface area contributed by atoms with Gasteiger partial charge in [-0.3, -0.25) is 25.8 Å². The van der Waals surface area contributed by atoms with Crippen LogP contribution in [-0.2, 0) is 9.53 Å². The van der Waals surface area contributed by atoms with Crippen LogP contribution in [0.5, 0.6) is 0 Å². The lowest BCUT2D eigenvalue weighted by Gasteiger charge is -2.11. The van der Waals surface area contributed by atoms with Gasteiger partial charge in [-0.2, -0.15) is 0 Å². The van der Waals surface area contributed by atoms with Crippen LogP contribution in [0.2, 0.25) is 0 Å². The van der Waals surface area contributed by atoms with E-state index in [0.717, 1.165) is 16.8 Å². The Bertz CT molecular complexity index is 850. The molecule has 0 spiro atoms. The van der Waals surface area contributed by atoms with E-state index in [1.54, 1.807) is 19.1 Å². The van der Waals surface area contributed by atoms with E-state index in [2.05, 4.69) is 21.5 Å². The Hall–Kier alpha value is -3.55. The van der Waals surface area contributed by atoms with Gasteiger partial charge >= 0.3 is 6.09 Å². The predicted molar refractivity (Wildman–Crippen MR) is 107 cm³/mol. The minimum atomic E-state index is -0.566. The summed E-state index contributed by atoms with van der Waals surface area (Å²) in [6.45, 7) is 5.95. The highest BCUT2D eigenvalue weighted by Crippen LogP contribution is 2.15. The summed E-state index contributed by atoms with van der Waals surface area (Å²) >= 11 is 0. The molecular weight excluding hydrogens is 360 g/mol. The molecule has 0 aromatic heterocycles. The maximum absolute atomic E-state index is 12.1. The Morgan fingerprint density at radius 3 is 2.32 bits per heavy atom. The highest BCUT2D eigenvalue weighted by molar-refractivity contribution is 5.96. The van der Waals surface area contributed by atoms with Gasteiger partial charge in [-0.1, -0.05) is 17.7 Å². The summed E-state index contributed by atoms with van der Waals surface area (Å²) in [5.74, 6) is -0.850. The van der Waals surface area contributed by atoms with E-state index in [1.807, 2.05) is 32.0 Å². The molecule has 0 saturated carbocycles. The zero-order valence-corrected chi connectivity index (χ0v) is 16.1. The van der Waals surface area contributed by atoms with Crippen LogP contribution >= 0.6 is 0 Å². The summed E-state index contributed by atoms with van der Waals surface area (Å²) in [6, 6.07) is 12.1. The summed E-state index contributed by atoms with van der Waals surface area (Å²) in [5, 5.41) is 5.55. The van der Waals surface area contributed by atoms with E-state index in [4.69, 9.17) is 4.74 Å². The molecule has 0 unspecified atom stereocenters. The zero-order valence-electron chi connectivity index (χ0n) is 16.1. The molecule has 2 aromatic carbocycles. The monoisotopic (exact) mass is 384 g/mol. The molecule has 0 radical (unpaired) electrons. The van der Waals surface area contributed by atoms with Crippen LogP contribution in [0.25, 0.3) is 0 Å². The molecule has 4 N–H and O–H groups in total. The SMILES string of the molecule is CCOC(=O)Nc1ccc(C(=O)NNC(=O)CNc2ccc(C)cc2C)cc1. The summed E-state index contributed by atoms with van der Waals surface area (Å²) < 4.78 is 4.77. The minimum Gasteiger partial charge on any atom is -0.450 e. The minimum absolute atomic E-state index is 0.0204. The van der Waals surface area contributed by atoms with Gasteiger partial charge in [0.2, 0.25) is 0 Å². The first-order valence-electron chi connectivity index (χ1n) is 8.83. The van der Waals surface area contributed by atoms with Crippen molar-refractivity contribution in [3.63, 3.8) is 0 Å². The van der Waals surface area contributed by atoms with Gasteiger partial charge in [-0.25, -0.2) is 4.79 Å². The molecule has 8 heteroatoms. The van der Waals surface area contributed by atoms with Crippen LogP contribution < -0.4 is 21.5 Å². The van der Waals surface area contributed by atoms with Crippen LogP contribution in [0.1, 0.15) is 28.4 Å². The Morgan fingerprint density at radius 2 is 1.68 bits per heavy atom. The molecule has 28 heavy (non-hydrogen) atoms. The fourth-order valence-corrected chi connectivity index (χ4v) is 2.42. The summed E-state index contributed by atoms with van der Waals surface area (Å²) in [5.41, 5.74) is 8.57. The van der Waals surface area contributed by atoms with E-state index in [0.29, 0.717) is 11.3 Å². The van der Waals surface area contributed by atoms with Crippen molar-refractivity contribution in [3.05, 3.63) is 59.2 Å². The molecule has 0 aliphatic rings. The number of anilines is 2. The average Bonchev–Trinajstić information content (AvgIpc) is 2.66. The number of carbonyl (C=O) groups excluding carboxylic acids is 3. The maximum Gasteiger partial charge on any atom is 0.411 e. The average molecular weight is 384 g/mol. The molecule has 0 atom stereocenters. The van der Waals surface area contributed by atoms with Crippen LogP contribution in [0.3, 0.4) is 0 Å². The van der Waals surface area contributed by atoms with Gasteiger partial charge < -0.3 is 10.1 Å². The first-order chi connectivity index (χ1) is 13.4. The molecule has 0 saturated heterocycles. The van der Waals surface area contributed by atoms with Crippen molar-refractivity contribution in [2.45, 2.75) is 20.8 Å². The number of rotatable bonds is 6. The largest absolute Gasteiger partial charge is 0.450 e. The van der Waals surface area contributed by atoms with Crippen LogP contribution in [0, 0.1) is 13.8 Å². The summed E-state index contributed by atoms with van der Waals surface area (Å²) in [4.78, 5) is 35.4. The number of hydrogen-bond donors (Lipinski definition) is 4. The molecule has 0 bridgehead atoms. The Balaban J connectivity index is 1.79. The predicted octanol–water partition coefficient (Wildman–Crippen LogP) is 2.74. The Morgan fingerprint density at radius 1 is 0.964 bits per heavy atom. The van der Waals surface area contributed by atoms with Crippen LogP contribution in [0.4, 0.5) is 16.2 Å². The number of hydrogen-bond acceptors (Lipinski definition) is 5. The van der Waals surface area contributed by atoms with Crippen molar-refractivity contribution in [1.29, 1.82) is 0 Å². The molecule has 2 aromatic rings. The third kappa shape index (κ3) is 6.31. The lowest BCUT2D eigenvalue weighted by molar-refractivity contribution is -0.120. The molecule has 3 amide bonds. The van der Waals surface area contributed by atoms with E-state index in [9.17, 15) is 14.4 Å². The highest BCUT2D eigenvalue weighted by Gasteiger charge is 2.09. The Kier molecular flexibility index (Phi) is 7.38. The quantitative estimate of drug-likeness (QED) is 0.573. The smallest absolute Gasteiger partial charge is 0.411 e. The molecule has 2 rings (SSSR count). The summed E-state index contributed by atoms with van der Waals surface area (Å²) in [6.07, 6.45) is -0.566. The number of hydrazine groups is 1. The standard InChI is InChI=1S/C20H24N4O4/c1-4-28-20(27)22-16-8-6-15(7-9-16)19(26)24-23-18(25)12-21-17-10-5-13(2)11-14(17)3/h5-11,21H,4,12H2,1-3H3,(H,22,27)(H,23,25)(H,24,26). The van der Waals surface area contributed by atoms with Gasteiger partial charge in [-0.05, 0) is 56.7 Å². The highest BCUT2D eigenvalue weighted by atomic mass is 16.5. The van der Waals surface area contributed by atoms with Gasteiger partial charge in [0.05, 0.1) is 13.2 Å². The Labute approximate surface area is 163 Å². The van der Waals surface area contributed by atoms with Gasteiger partial charge in [0, 0.05) is 16.9 Å². The van der Waals surface area contributed by atoms with Crippen molar-refractivity contribution >= 4 is 29.3 Å². The number of benzene rings is 2. The number of aryl methyl sites for hydroxylation is 2. The van der Waals surface area contributed by atoms with Gasteiger partial charge in [0.25, 0.3) is 11.8 Å². The van der Waals surface area contributed by atoms with Crippen LogP contribution in [0.15, 0.2) is 42.5 Å². The van der Waals surface area contributed by atoms with E-state index >= 15 is 0 Å². The molecule has 0 fully saturated rings. The summed E-state index contributed by atoms with van der Waals surface area (Å²) in [7, 11) is 0. The van der Waals surface area contributed by atoms with Crippen molar-refractivity contribution in [3.8, 4) is 0 Å². The molecule has 148 valence electrons. The third-order valence-electron chi connectivity index (χ3n) is 3.81. The van der Waals surface area contributed by atoms with Gasteiger partial charge in [-0.15, -0.1) is 0 Å². The van der Waals surface area contributed by atoms with Gasteiger partial charge in [0.15, 0.2) is 0 Å². The first kappa shape index (κ1) is 20.8. The van der Waals surface area contributed by atoms with Crippen molar-refractivity contribution < 1.29 is 19.1 Å². The molecule has 0 aliphatic heterocycles. The molecule has 8 nitrogen and oxygen atoms in total. The second-order valence-electron chi connectivity index (χ2n) is 6.10. The van der Waals surface area contributed by atoms with E-state index < -0.39 is 12.0 Å². The van der Waals surface area contributed by atoms with Gasteiger partial charge in [0.1, 0.15) is 0 Å². The lowest BCUT2D eigenvalue weighted by Crippen LogP contribution is -2.44. The van der Waals surface area contributed by atoms with Crippen LogP contribution in [-0.4, -0.2) is 31.1 Å². The molecular formula is C20H24N4O4. The molecule has 0 aliphatic carbocycles. The second kappa shape index (κ2) is 9.96. The molecule has 0 heterocycles. The van der Waals surface area contributed by atoms with E-state index in [-0.39, 0.29) is 19.1 Å². The second-order valence-corrected chi connectivity index (χ2v) is 6.10. The fourth-order valence-electron chi connectivity index (χ4n) is 2.42. The number of ether oxygens (including phenoxy) is 1. The number of nitrogens with one attached hydrogen (secondary N) is 4. The number of carbonyl (C=O) groups is 3. The third-order valence-corrected chi connectivity index (χ3v) is 3.81. The maximum atomic E-state index is 12.1.